The minimum atomic E-state index is -4.30. The van der Waals surface area contributed by atoms with Gasteiger partial charge in [-0.3, -0.25) is 0 Å². The quantitative estimate of drug-likeness (QED) is 0.837. The van der Waals surface area contributed by atoms with Crippen LogP contribution in [0.5, 0.6) is 5.75 Å². The van der Waals surface area contributed by atoms with Crippen LogP contribution in [0, 0.1) is 0 Å². The van der Waals surface area contributed by atoms with Crippen molar-refractivity contribution >= 4 is 22.9 Å². The first-order valence-electron chi connectivity index (χ1n) is 5.62. The van der Waals surface area contributed by atoms with Gasteiger partial charge in [-0.05, 0) is 25.0 Å². The normalized spacial score (nSPS) is 16.8. The third-order valence-electron chi connectivity index (χ3n) is 3.16. The second-order valence-electron chi connectivity index (χ2n) is 4.48. The Labute approximate surface area is 113 Å². The first-order chi connectivity index (χ1) is 8.79. The minimum absolute atomic E-state index is 0.0446. The molecular formula is C12H13F3N2OS. The van der Waals surface area contributed by atoms with E-state index in [9.17, 15) is 13.2 Å². The second kappa shape index (κ2) is 4.56. The molecular weight excluding hydrogens is 277 g/mol. The van der Waals surface area contributed by atoms with Crippen molar-refractivity contribution in [3.8, 4) is 5.75 Å². The van der Waals surface area contributed by atoms with E-state index in [1.807, 2.05) is 0 Å². The van der Waals surface area contributed by atoms with Crippen molar-refractivity contribution in [2.24, 2.45) is 5.73 Å². The van der Waals surface area contributed by atoms with Crippen LogP contribution in [0.3, 0.4) is 0 Å². The standard InChI is InChI=1S/C12H13F3N2OS/c1-18-7-2-3-8(10(16)19)9(6-7)17-11(4-5-11)12(13,14)15/h2-3,6,17H,4-5H2,1H3,(H2,16,19). The van der Waals surface area contributed by atoms with E-state index >= 15 is 0 Å². The molecule has 104 valence electrons. The largest absolute Gasteiger partial charge is 0.497 e. The molecule has 0 radical (unpaired) electrons. The van der Waals surface area contributed by atoms with Gasteiger partial charge in [-0.2, -0.15) is 13.2 Å². The molecule has 0 amide bonds. The molecule has 0 bridgehead atoms. The Kier molecular flexibility index (Phi) is 3.34. The summed E-state index contributed by atoms with van der Waals surface area (Å²) in [5.41, 5.74) is 4.29. The zero-order valence-corrected chi connectivity index (χ0v) is 11.0. The number of hydrogen-bond donors (Lipinski definition) is 2. The summed E-state index contributed by atoms with van der Waals surface area (Å²) < 4.78 is 43.8. The van der Waals surface area contributed by atoms with Crippen molar-refractivity contribution in [3.05, 3.63) is 23.8 Å². The molecule has 1 aliphatic carbocycles. The third kappa shape index (κ3) is 2.60. The van der Waals surface area contributed by atoms with Gasteiger partial charge in [-0.15, -0.1) is 0 Å². The number of methoxy groups -OCH3 is 1. The van der Waals surface area contributed by atoms with Crippen molar-refractivity contribution in [3.63, 3.8) is 0 Å². The maximum atomic E-state index is 12.9. The van der Waals surface area contributed by atoms with Crippen LogP contribution in [-0.4, -0.2) is 23.8 Å². The van der Waals surface area contributed by atoms with Gasteiger partial charge in [-0.1, -0.05) is 12.2 Å². The lowest BCUT2D eigenvalue weighted by atomic mass is 10.1. The van der Waals surface area contributed by atoms with Gasteiger partial charge in [0.1, 0.15) is 16.3 Å². The van der Waals surface area contributed by atoms with Crippen molar-refractivity contribution in [2.75, 3.05) is 12.4 Å². The fraction of sp³-hybridized carbons (Fsp3) is 0.417. The van der Waals surface area contributed by atoms with Crippen LogP contribution in [-0.2, 0) is 0 Å². The molecule has 3 N–H and O–H groups in total. The Bertz CT molecular complexity index is 512. The summed E-state index contributed by atoms with van der Waals surface area (Å²) in [5, 5.41) is 2.52. The lowest BCUT2D eigenvalue weighted by Crippen LogP contribution is -2.39. The summed E-state index contributed by atoms with van der Waals surface area (Å²) >= 11 is 4.85. The van der Waals surface area contributed by atoms with Crippen molar-refractivity contribution in [1.82, 2.24) is 0 Å². The second-order valence-corrected chi connectivity index (χ2v) is 4.92. The highest BCUT2D eigenvalue weighted by Gasteiger charge is 2.63. The fourth-order valence-electron chi connectivity index (χ4n) is 1.83. The van der Waals surface area contributed by atoms with Gasteiger partial charge in [0.2, 0.25) is 0 Å². The molecule has 19 heavy (non-hydrogen) atoms. The number of hydrogen-bond acceptors (Lipinski definition) is 3. The SMILES string of the molecule is COc1ccc(C(N)=S)c(NC2(C(F)(F)F)CC2)c1. The molecule has 2 rings (SSSR count). The molecule has 1 fully saturated rings. The Morgan fingerprint density at radius 1 is 1.42 bits per heavy atom. The number of thiocarbonyl (C=S) groups is 1. The Balaban J connectivity index is 2.36. The molecule has 0 heterocycles. The molecule has 1 saturated carbocycles. The van der Waals surface area contributed by atoms with Gasteiger partial charge in [0.15, 0.2) is 0 Å². The van der Waals surface area contributed by atoms with E-state index in [-0.39, 0.29) is 23.5 Å². The third-order valence-corrected chi connectivity index (χ3v) is 3.38. The molecule has 1 aromatic rings. The number of alkyl halides is 3. The topological polar surface area (TPSA) is 47.3 Å². The van der Waals surface area contributed by atoms with E-state index in [2.05, 4.69) is 5.32 Å². The van der Waals surface area contributed by atoms with Crippen LogP contribution in [0.1, 0.15) is 18.4 Å². The number of benzene rings is 1. The van der Waals surface area contributed by atoms with Crippen molar-refractivity contribution in [1.29, 1.82) is 0 Å². The predicted octanol–water partition coefficient (Wildman–Crippen LogP) is 2.84. The van der Waals surface area contributed by atoms with Crippen LogP contribution < -0.4 is 15.8 Å². The summed E-state index contributed by atoms with van der Waals surface area (Å²) in [7, 11) is 1.44. The van der Waals surface area contributed by atoms with E-state index in [4.69, 9.17) is 22.7 Å². The highest BCUT2D eigenvalue weighted by atomic mass is 32.1. The molecule has 0 aromatic heterocycles. The lowest BCUT2D eigenvalue weighted by molar-refractivity contribution is -0.151. The number of anilines is 1. The van der Waals surface area contributed by atoms with Gasteiger partial charge in [-0.25, -0.2) is 0 Å². The summed E-state index contributed by atoms with van der Waals surface area (Å²) in [5.74, 6) is 0.445. The molecule has 1 aliphatic rings. The maximum absolute atomic E-state index is 12.9. The molecule has 0 aliphatic heterocycles. The number of halogens is 3. The molecule has 7 heteroatoms. The first kappa shape index (κ1) is 13.9. The molecule has 0 atom stereocenters. The molecule has 0 saturated heterocycles. The number of ether oxygens (including phenoxy) is 1. The molecule has 3 nitrogen and oxygen atoms in total. The summed E-state index contributed by atoms with van der Waals surface area (Å²) in [6.45, 7) is 0. The smallest absolute Gasteiger partial charge is 0.411 e. The monoisotopic (exact) mass is 290 g/mol. The van der Waals surface area contributed by atoms with Gasteiger partial charge in [0.05, 0.1) is 7.11 Å². The van der Waals surface area contributed by atoms with E-state index in [1.54, 1.807) is 12.1 Å². The fourth-order valence-corrected chi connectivity index (χ4v) is 2.01. The zero-order chi connectivity index (χ0) is 14.3. The average molecular weight is 290 g/mol. The maximum Gasteiger partial charge on any atom is 0.411 e. The van der Waals surface area contributed by atoms with E-state index in [0.29, 0.717) is 11.3 Å². The highest BCUT2D eigenvalue weighted by molar-refractivity contribution is 7.80. The molecule has 0 unspecified atom stereocenters. The van der Waals surface area contributed by atoms with Crippen molar-refractivity contribution < 1.29 is 17.9 Å². The summed E-state index contributed by atoms with van der Waals surface area (Å²) in [6, 6.07) is 4.63. The van der Waals surface area contributed by atoms with Gasteiger partial charge >= 0.3 is 6.18 Å². The van der Waals surface area contributed by atoms with Crippen LogP contribution in [0.25, 0.3) is 0 Å². The molecule has 1 aromatic carbocycles. The lowest BCUT2D eigenvalue weighted by Gasteiger charge is -2.23. The van der Waals surface area contributed by atoms with Crippen LogP contribution in [0.2, 0.25) is 0 Å². The zero-order valence-electron chi connectivity index (χ0n) is 10.2. The van der Waals surface area contributed by atoms with Gasteiger partial charge in [0, 0.05) is 17.3 Å². The summed E-state index contributed by atoms with van der Waals surface area (Å²) in [4.78, 5) is 0.0446. The Morgan fingerprint density at radius 3 is 2.47 bits per heavy atom. The number of nitrogens with two attached hydrogens (primary N) is 1. The average Bonchev–Trinajstić information content (AvgIpc) is 3.08. The Morgan fingerprint density at radius 2 is 2.05 bits per heavy atom. The van der Waals surface area contributed by atoms with E-state index < -0.39 is 11.7 Å². The Hall–Kier alpha value is -1.50. The van der Waals surface area contributed by atoms with Crippen LogP contribution in [0.4, 0.5) is 18.9 Å². The predicted molar refractivity (Wildman–Crippen MR) is 70.5 cm³/mol. The van der Waals surface area contributed by atoms with Gasteiger partial charge < -0.3 is 15.8 Å². The van der Waals surface area contributed by atoms with E-state index in [1.165, 1.54) is 13.2 Å². The van der Waals surface area contributed by atoms with Crippen LogP contribution >= 0.6 is 12.2 Å². The van der Waals surface area contributed by atoms with Crippen molar-refractivity contribution in [2.45, 2.75) is 24.6 Å². The van der Waals surface area contributed by atoms with Gasteiger partial charge in [0.25, 0.3) is 0 Å². The molecule has 0 spiro atoms. The number of rotatable bonds is 4. The van der Waals surface area contributed by atoms with E-state index in [0.717, 1.165) is 0 Å². The highest BCUT2D eigenvalue weighted by Crippen LogP contribution is 2.51. The minimum Gasteiger partial charge on any atom is -0.497 e. The van der Waals surface area contributed by atoms with Crippen LogP contribution in [0.15, 0.2) is 18.2 Å². The summed E-state index contributed by atoms with van der Waals surface area (Å²) in [6.07, 6.45) is -4.21. The first-order valence-corrected chi connectivity index (χ1v) is 6.03. The number of nitrogens with one attached hydrogen (secondary N) is 1.